The normalized spacial score (nSPS) is 30.6. The SMILES string of the molecule is CCC1CN1C(CCCCCCCC(N)=O)(C(N)=O)N1CC1CC. The van der Waals surface area contributed by atoms with Gasteiger partial charge < -0.3 is 11.5 Å². The zero-order valence-corrected chi connectivity index (χ0v) is 15.3. The molecule has 0 aromatic rings. The van der Waals surface area contributed by atoms with E-state index in [1.165, 1.54) is 0 Å². The summed E-state index contributed by atoms with van der Waals surface area (Å²) in [6.45, 7) is 6.33. The van der Waals surface area contributed by atoms with Crippen LogP contribution in [-0.4, -0.2) is 52.5 Å². The lowest BCUT2D eigenvalue weighted by molar-refractivity contribution is -0.134. The van der Waals surface area contributed by atoms with E-state index in [0.717, 1.165) is 64.5 Å². The number of amides is 2. The Morgan fingerprint density at radius 3 is 1.83 bits per heavy atom. The Labute approximate surface area is 145 Å². The number of hydrogen-bond acceptors (Lipinski definition) is 4. The Morgan fingerprint density at radius 2 is 1.42 bits per heavy atom. The van der Waals surface area contributed by atoms with Gasteiger partial charge in [0.05, 0.1) is 0 Å². The third-order valence-corrected chi connectivity index (χ3v) is 5.67. The molecule has 0 spiro atoms. The van der Waals surface area contributed by atoms with Gasteiger partial charge >= 0.3 is 0 Å². The third-order valence-electron chi connectivity index (χ3n) is 5.67. The van der Waals surface area contributed by atoms with Gasteiger partial charge in [-0.2, -0.15) is 0 Å². The van der Waals surface area contributed by atoms with Crippen molar-refractivity contribution in [1.82, 2.24) is 9.80 Å². The summed E-state index contributed by atoms with van der Waals surface area (Å²) in [7, 11) is 0. The molecule has 2 aliphatic heterocycles. The van der Waals surface area contributed by atoms with Crippen molar-refractivity contribution >= 4 is 11.8 Å². The molecule has 2 saturated heterocycles. The Morgan fingerprint density at radius 1 is 0.917 bits per heavy atom. The molecule has 2 amide bonds. The van der Waals surface area contributed by atoms with Crippen molar-refractivity contribution in [3.05, 3.63) is 0 Å². The van der Waals surface area contributed by atoms with Crippen LogP contribution in [0, 0.1) is 0 Å². The smallest absolute Gasteiger partial charge is 0.253 e. The molecule has 0 saturated carbocycles. The number of carbonyl (C=O) groups is 2. The van der Waals surface area contributed by atoms with E-state index in [0.29, 0.717) is 18.5 Å². The average molecular weight is 338 g/mol. The number of carbonyl (C=O) groups excluding carboxylic acids is 2. The summed E-state index contributed by atoms with van der Waals surface area (Å²) in [5, 5.41) is 0. The van der Waals surface area contributed by atoms with Crippen LogP contribution in [0.3, 0.4) is 0 Å². The molecule has 6 heteroatoms. The highest BCUT2D eigenvalue weighted by molar-refractivity contribution is 5.85. The molecule has 2 fully saturated rings. The quantitative estimate of drug-likeness (QED) is 0.394. The van der Waals surface area contributed by atoms with Crippen molar-refractivity contribution in [1.29, 1.82) is 0 Å². The van der Waals surface area contributed by atoms with Gasteiger partial charge in [-0.3, -0.25) is 19.4 Å². The van der Waals surface area contributed by atoms with Crippen molar-refractivity contribution in [3.63, 3.8) is 0 Å². The molecule has 0 aliphatic carbocycles. The number of hydrogen-bond donors (Lipinski definition) is 2. The highest BCUT2D eigenvalue weighted by Gasteiger charge is 2.61. The summed E-state index contributed by atoms with van der Waals surface area (Å²) < 4.78 is 0. The molecule has 4 atom stereocenters. The lowest BCUT2D eigenvalue weighted by atomic mass is 9.98. The molecule has 4 N–H and O–H groups in total. The molecular formula is C18H34N4O2. The Hall–Kier alpha value is -1.14. The standard InChI is InChI=1S/C18H34N4O2/c1-3-14-12-21(14)18(17(20)24,22-13-15(22)4-2)11-9-7-5-6-8-10-16(19)23/h14-15H,3-13H2,1-2H3,(H2,19,23)(H2,20,24). The Kier molecular flexibility index (Phi) is 6.63. The first-order valence-electron chi connectivity index (χ1n) is 9.59. The summed E-state index contributed by atoms with van der Waals surface area (Å²) >= 11 is 0. The van der Waals surface area contributed by atoms with Gasteiger partial charge in [0.1, 0.15) is 0 Å². The topological polar surface area (TPSA) is 92.2 Å². The average Bonchev–Trinajstić information content (AvgIpc) is 3.44. The fourth-order valence-corrected chi connectivity index (χ4v) is 4.02. The minimum Gasteiger partial charge on any atom is -0.370 e. The molecule has 0 aromatic heterocycles. The number of rotatable bonds is 13. The van der Waals surface area contributed by atoms with E-state index in [4.69, 9.17) is 11.5 Å². The number of unbranched alkanes of at least 4 members (excludes halogenated alkanes) is 4. The van der Waals surface area contributed by atoms with Crippen LogP contribution in [0.15, 0.2) is 0 Å². The molecule has 24 heavy (non-hydrogen) atoms. The van der Waals surface area contributed by atoms with E-state index in [-0.39, 0.29) is 11.8 Å². The van der Waals surface area contributed by atoms with Gasteiger partial charge in [-0.05, 0) is 32.1 Å². The van der Waals surface area contributed by atoms with Crippen molar-refractivity contribution in [2.75, 3.05) is 13.1 Å². The van der Waals surface area contributed by atoms with Gasteiger partial charge in [-0.25, -0.2) is 0 Å². The van der Waals surface area contributed by atoms with Crippen LogP contribution >= 0.6 is 0 Å². The van der Waals surface area contributed by atoms with Crippen molar-refractivity contribution < 1.29 is 9.59 Å². The van der Waals surface area contributed by atoms with Crippen LogP contribution in [0.25, 0.3) is 0 Å². The van der Waals surface area contributed by atoms with Crippen molar-refractivity contribution in [3.8, 4) is 0 Å². The summed E-state index contributed by atoms with van der Waals surface area (Å²) in [5.74, 6) is -0.398. The van der Waals surface area contributed by atoms with Gasteiger partial charge in [-0.15, -0.1) is 0 Å². The molecule has 138 valence electrons. The van der Waals surface area contributed by atoms with Crippen LogP contribution < -0.4 is 11.5 Å². The van der Waals surface area contributed by atoms with Gasteiger partial charge in [0.25, 0.3) is 5.91 Å². The molecule has 4 unspecified atom stereocenters. The zero-order valence-electron chi connectivity index (χ0n) is 15.3. The number of nitrogens with two attached hydrogens (primary N) is 2. The fourth-order valence-electron chi connectivity index (χ4n) is 4.02. The maximum absolute atomic E-state index is 12.4. The highest BCUT2D eigenvalue weighted by Crippen LogP contribution is 2.44. The lowest BCUT2D eigenvalue weighted by Gasteiger charge is -2.35. The Bertz CT molecular complexity index is 436. The highest BCUT2D eigenvalue weighted by atomic mass is 16.2. The third kappa shape index (κ3) is 4.28. The predicted molar refractivity (Wildman–Crippen MR) is 95.0 cm³/mol. The molecule has 2 heterocycles. The summed E-state index contributed by atoms with van der Waals surface area (Å²) in [6.07, 6.45) is 8.49. The van der Waals surface area contributed by atoms with Gasteiger partial charge in [0.2, 0.25) is 5.91 Å². The minimum atomic E-state index is -0.561. The van der Waals surface area contributed by atoms with E-state index in [1.54, 1.807) is 0 Å². The molecule has 0 bridgehead atoms. The van der Waals surface area contributed by atoms with Gasteiger partial charge in [0.15, 0.2) is 5.66 Å². The first kappa shape index (κ1) is 19.2. The van der Waals surface area contributed by atoms with E-state index in [1.807, 2.05) is 0 Å². The van der Waals surface area contributed by atoms with E-state index >= 15 is 0 Å². The number of nitrogens with zero attached hydrogens (tertiary/aromatic N) is 2. The van der Waals surface area contributed by atoms with Crippen LogP contribution in [0.5, 0.6) is 0 Å². The van der Waals surface area contributed by atoms with E-state index < -0.39 is 5.66 Å². The number of primary amides is 2. The molecular weight excluding hydrogens is 304 g/mol. The monoisotopic (exact) mass is 338 g/mol. The summed E-state index contributed by atoms with van der Waals surface area (Å²) in [6, 6.07) is 1.01. The van der Waals surface area contributed by atoms with Crippen LogP contribution in [0.1, 0.15) is 71.6 Å². The predicted octanol–water partition coefficient (Wildman–Crippen LogP) is 1.57. The molecule has 0 aromatic carbocycles. The minimum absolute atomic E-state index is 0.178. The van der Waals surface area contributed by atoms with Crippen molar-refractivity contribution in [2.45, 2.75) is 89.4 Å². The van der Waals surface area contributed by atoms with Crippen LogP contribution in [0.2, 0.25) is 0 Å². The lowest BCUT2D eigenvalue weighted by Crippen LogP contribution is -2.57. The second-order valence-electron chi connectivity index (χ2n) is 7.34. The van der Waals surface area contributed by atoms with Crippen molar-refractivity contribution in [2.24, 2.45) is 11.5 Å². The van der Waals surface area contributed by atoms with Crippen LogP contribution in [-0.2, 0) is 9.59 Å². The summed E-state index contributed by atoms with van der Waals surface area (Å²) in [4.78, 5) is 27.8. The maximum Gasteiger partial charge on any atom is 0.253 e. The summed E-state index contributed by atoms with van der Waals surface area (Å²) in [5.41, 5.74) is 10.5. The zero-order chi connectivity index (χ0) is 17.7. The molecule has 0 radical (unpaired) electrons. The van der Waals surface area contributed by atoms with E-state index in [9.17, 15) is 9.59 Å². The van der Waals surface area contributed by atoms with E-state index in [2.05, 4.69) is 23.6 Å². The molecule has 6 nitrogen and oxygen atoms in total. The molecule has 2 rings (SSSR count). The maximum atomic E-state index is 12.4. The first-order chi connectivity index (χ1) is 11.5. The first-order valence-corrected chi connectivity index (χ1v) is 9.59. The molecule has 2 aliphatic rings. The largest absolute Gasteiger partial charge is 0.370 e. The Balaban J connectivity index is 1.85. The van der Waals surface area contributed by atoms with Gasteiger partial charge in [-0.1, -0.05) is 33.1 Å². The second-order valence-corrected chi connectivity index (χ2v) is 7.34. The van der Waals surface area contributed by atoms with Crippen LogP contribution in [0.4, 0.5) is 0 Å². The second kappa shape index (κ2) is 8.30. The van der Waals surface area contributed by atoms with Gasteiger partial charge in [0, 0.05) is 31.6 Å². The fraction of sp³-hybridized carbons (Fsp3) is 0.889.